The molecular weight excluding hydrogens is 241 g/mol. The van der Waals surface area contributed by atoms with Crippen LogP contribution in [0.3, 0.4) is 0 Å². The van der Waals surface area contributed by atoms with Crippen LogP contribution in [0, 0.1) is 0 Å². The van der Waals surface area contributed by atoms with E-state index in [2.05, 4.69) is 33.0 Å². The second-order valence-electron chi connectivity index (χ2n) is 6.65. The Morgan fingerprint density at radius 3 is 2.11 bits per heavy atom. The van der Waals surface area contributed by atoms with E-state index in [1.165, 1.54) is 0 Å². The lowest BCUT2D eigenvalue weighted by atomic mass is 9.82. The van der Waals surface area contributed by atoms with Gasteiger partial charge in [0.25, 0.3) is 0 Å². The average Bonchev–Trinajstić information content (AvgIpc) is 2.41. The second kappa shape index (κ2) is 6.27. The van der Waals surface area contributed by atoms with Gasteiger partial charge in [-0.25, -0.2) is 0 Å². The highest BCUT2D eigenvalue weighted by atomic mass is 16.7. The van der Waals surface area contributed by atoms with Crippen LogP contribution >= 0.6 is 0 Å². The maximum absolute atomic E-state index is 11.5. The fourth-order valence-corrected chi connectivity index (χ4v) is 2.07. The minimum Gasteiger partial charge on any atom is -0.403 e. The van der Waals surface area contributed by atoms with Crippen LogP contribution in [-0.2, 0) is 14.1 Å². The Labute approximate surface area is 117 Å². The summed E-state index contributed by atoms with van der Waals surface area (Å²) in [4.78, 5) is 11.5. The van der Waals surface area contributed by atoms with E-state index in [0.29, 0.717) is 6.42 Å². The summed E-state index contributed by atoms with van der Waals surface area (Å²) in [6.07, 6.45) is 3.25. The van der Waals surface area contributed by atoms with E-state index < -0.39 is 0 Å². The van der Waals surface area contributed by atoms with Gasteiger partial charge in [0, 0.05) is 12.5 Å². The van der Waals surface area contributed by atoms with Gasteiger partial charge in [0.1, 0.15) is 0 Å². The molecule has 4 nitrogen and oxygen atoms in total. The van der Waals surface area contributed by atoms with Gasteiger partial charge in [-0.05, 0) is 54.3 Å². The molecule has 1 aliphatic rings. The van der Waals surface area contributed by atoms with Crippen molar-refractivity contribution < 1.29 is 14.1 Å². The van der Waals surface area contributed by atoms with E-state index in [4.69, 9.17) is 9.31 Å². The summed E-state index contributed by atoms with van der Waals surface area (Å²) >= 11 is 0. The minimum atomic E-state index is -0.257. The molecule has 1 saturated heterocycles. The third-order valence-electron chi connectivity index (χ3n) is 3.85. The maximum Gasteiger partial charge on any atom is 0.457 e. The van der Waals surface area contributed by atoms with Crippen LogP contribution in [0.1, 0.15) is 60.8 Å². The Morgan fingerprint density at radius 2 is 1.63 bits per heavy atom. The van der Waals surface area contributed by atoms with Gasteiger partial charge in [-0.3, -0.25) is 4.79 Å². The zero-order chi connectivity index (χ0) is 14.7. The maximum atomic E-state index is 11.5. The summed E-state index contributed by atoms with van der Waals surface area (Å²) in [5.41, 5.74) is -0.515. The van der Waals surface area contributed by atoms with Crippen molar-refractivity contribution in [2.24, 2.45) is 0 Å². The zero-order valence-corrected chi connectivity index (χ0v) is 13.2. The molecular formula is C14H28BNO3. The molecule has 0 spiro atoms. The van der Waals surface area contributed by atoms with Crippen molar-refractivity contribution in [2.45, 2.75) is 84.4 Å². The van der Waals surface area contributed by atoms with Crippen LogP contribution in [0.5, 0.6) is 0 Å². The van der Waals surface area contributed by atoms with Crippen molar-refractivity contribution in [3.05, 3.63) is 0 Å². The van der Waals surface area contributed by atoms with E-state index in [-0.39, 0.29) is 30.3 Å². The summed E-state index contributed by atoms with van der Waals surface area (Å²) < 4.78 is 11.8. The van der Waals surface area contributed by atoms with Crippen LogP contribution in [0.25, 0.3) is 0 Å². The Morgan fingerprint density at radius 1 is 1.11 bits per heavy atom. The molecule has 19 heavy (non-hydrogen) atoms. The third-order valence-corrected chi connectivity index (χ3v) is 3.85. The van der Waals surface area contributed by atoms with Gasteiger partial charge in [-0.1, -0.05) is 6.42 Å². The number of carbonyl (C=O) groups excluding carboxylic acids is 1. The molecule has 0 aromatic carbocycles. The molecule has 1 heterocycles. The van der Waals surface area contributed by atoms with Crippen molar-refractivity contribution in [3.63, 3.8) is 0 Å². The molecule has 110 valence electrons. The first kappa shape index (κ1) is 16.5. The van der Waals surface area contributed by atoms with Gasteiger partial charge in [0.15, 0.2) is 0 Å². The molecule has 0 unspecified atom stereocenters. The first-order valence-corrected chi connectivity index (χ1v) is 7.29. The lowest BCUT2D eigenvalue weighted by Crippen LogP contribution is -2.41. The highest BCUT2D eigenvalue weighted by Crippen LogP contribution is 2.38. The summed E-state index contributed by atoms with van der Waals surface area (Å²) in [5, 5.41) is 2.90. The molecule has 1 aliphatic heterocycles. The Kier molecular flexibility index (Phi) is 5.45. The highest BCUT2D eigenvalue weighted by Gasteiger charge is 2.50. The monoisotopic (exact) mass is 269 g/mol. The van der Waals surface area contributed by atoms with Gasteiger partial charge in [-0.2, -0.15) is 0 Å². The summed E-state index contributed by atoms with van der Waals surface area (Å²) in [5.74, 6) is 0.129. The number of amides is 1. The Balaban J connectivity index is 2.20. The lowest BCUT2D eigenvalue weighted by molar-refractivity contribution is -0.121. The molecule has 0 atom stereocenters. The first-order valence-electron chi connectivity index (χ1n) is 7.29. The largest absolute Gasteiger partial charge is 0.457 e. The molecule has 0 aromatic heterocycles. The third kappa shape index (κ3) is 4.81. The molecule has 0 bridgehead atoms. The van der Waals surface area contributed by atoms with E-state index in [1.807, 2.05) is 13.8 Å². The number of rotatable bonds is 6. The number of carbonyl (C=O) groups is 1. The van der Waals surface area contributed by atoms with Crippen molar-refractivity contribution in [2.75, 3.05) is 0 Å². The van der Waals surface area contributed by atoms with Crippen LogP contribution in [0.2, 0.25) is 6.32 Å². The quantitative estimate of drug-likeness (QED) is 0.595. The van der Waals surface area contributed by atoms with Gasteiger partial charge < -0.3 is 14.6 Å². The van der Waals surface area contributed by atoms with Crippen molar-refractivity contribution in [1.29, 1.82) is 0 Å². The van der Waals surface area contributed by atoms with Crippen molar-refractivity contribution in [1.82, 2.24) is 5.32 Å². The zero-order valence-electron chi connectivity index (χ0n) is 13.2. The van der Waals surface area contributed by atoms with Crippen LogP contribution in [-0.4, -0.2) is 30.3 Å². The molecule has 1 amide bonds. The summed E-state index contributed by atoms with van der Waals surface area (Å²) in [7, 11) is -0.141. The fraction of sp³-hybridized carbons (Fsp3) is 0.929. The molecule has 0 aromatic rings. The number of unbranched alkanes of at least 4 members (excludes halogenated alkanes) is 1. The average molecular weight is 269 g/mol. The van der Waals surface area contributed by atoms with E-state index >= 15 is 0 Å². The molecule has 1 rings (SSSR count). The van der Waals surface area contributed by atoms with Gasteiger partial charge in [-0.15, -0.1) is 0 Å². The second-order valence-corrected chi connectivity index (χ2v) is 6.65. The first-order chi connectivity index (χ1) is 8.64. The van der Waals surface area contributed by atoms with Gasteiger partial charge in [0.2, 0.25) is 5.91 Å². The van der Waals surface area contributed by atoms with Gasteiger partial charge in [0.05, 0.1) is 11.2 Å². The molecule has 0 aliphatic carbocycles. The fourth-order valence-electron chi connectivity index (χ4n) is 2.07. The van der Waals surface area contributed by atoms with Crippen LogP contribution in [0.15, 0.2) is 0 Å². The molecule has 0 saturated carbocycles. The normalized spacial score (nSPS) is 20.9. The predicted octanol–water partition coefficient (Wildman–Crippen LogP) is 2.77. The van der Waals surface area contributed by atoms with Crippen LogP contribution in [0.4, 0.5) is 0 Å². The lowest BCUT2D eigenvalue weighted by Gasteiger charge is -2.32. The van der Waals surface area contributed by atoms with E-state index in [1.54, 1.807) is 0 Å². The molecule has 1 fully saturated rings. The number of nitrogens with one attached hydrogen (secondary N) is 1. The minimum absolute atomic E-state index is 0.129. The number of hydrogen-bond acceptors (Lipinski definition) is 3. The van der Waals surface area contributed by atoms with Gasteiger partial charge >= 0.3 is 7.12 Å². The van der Waals surface area contributed by atoms with Crippen molar-refractivity contribution in [3.8, 4) is 0 Å². The van der Waals surface area contributed by atoms with Crippen LogP contribution < -0.4 is 5.32 Å². The highest BCUT2D eigenvalue weighted by molar-refractivity contribution is 6.45. The predicted molar refractivity (Wildman–Crippen MR) is 78.0 cm³/mol. The van der Waals surface area contributed by atoms with E-state index in [9.17, 15) is 4.79 Å². The molecule has 0 radical (unpaired) electrons. The standard InChI is InChI=1S/C14H28BNO3/c1-11(2)16-12(17)9-7-8-10-15-18-13(3,4)14(5,6)19-15/h11H,7-10H2,1-6H3,(H,16,17). The topological polar surface area (TPSA) is 47.6 Å². The molecule has 1 N–H and O–H groups in total. The number of hydrogen-bond donors (Lipinski definition) is 1. The summed E-state index contributed by atoms with van der Waals surface area (Å²) in [6, 6.07) is 0.218. The SMILES string of the molecule is CC(C)NC(=O)CCCCB1OC(C)(C)C(C)(C)O1. The molecule has 5 heteroatoms. The Bertz CT molecular complexity index is 300. The van der Waals surface area contributed by atoms with E-state index in [0.717, 1.165) is 19.2 Å². The Hall–Kier alpha value is -0.545. The van der Waals surface area contributed by atoms with Crippen molar-refractivity contribution >= 4 is 13.0 Å². The smallest absolute Gasteiger partial charge is 0.403 e. The summed E-state index contributed by atoms with van der Waals surface area (Å²) in [6.45, 7) is 12.2.